The van der Waals surface area contributed by atoms with Crippen LogP contribution in [-0.4, -0.2) is 43.6 Å². The summed E-state index contributed by atoms with van der Waals surface area (Å²) in [4.78, 5) is 15.3. The van der Waals surface area contributed by atoms with Crippen molar-refractivity contribution in [3.05, 3.63) is 102 Å². The lowest BCUT2D eigenvalue weighted by atomic mass is 9.76. The first kappa shape index (κ1) is 22.1. The van der Waals surface area contributed by atoms with Crippen molar-refractivity contribution in [2.75, 3.05) is 26.7 Å². The molecule has 1 aliphatic heterocycles. The fourth-order valence-electron chi connectivity index (χ4n) is 4.82. The smallest absolute Gasteiger partial charge is 0.223 e. The van der Waals surface area contributed by atoms with Crippen molar-refractivity contribution in [2.24, 2.45) is 11.7 Å². The number of hydrogen-bond donors (Lipinski definition) is 2. The lowest BCUT2D eigenvalue weighted by Crippen LogP contribution is -2.57. The summed E-state index contributed by atoms with van der Waals surface area (Å²) < 4.78 is 5.54. The topological polar surface area (TPSA) is 67.6 Å². The van der Waals surface area contributed by atoms with Gasteiger partial charge in [-0.3, -0.25) is 9.69 Å². The molecule has 5 nitrogen and oxygen atoms in total. The number of benzene rings is 3. The molecule has 0 saturated carbocycles. The van der Waals surface area contributed by atoms with Gasteiger partial charge in [0.05, 0.1) is 13.0 Å². The first-order valence-corrected chi connectivity index (χ1v) is 11.1. The van der Waals surface area contributed by atoms with Gasteiger partial charge in [-0.1, -0.05) is 78.9 Å². The van der Waals surface area contributed by atoms with Gasteiger partial charge in [0.1, 0.15) is 5.75 Å². The summed E-state index contributed by atoms with van der Waals surface area (Å²) >= 11 is 0. The molecule has 166 valence electrons. The molecule has 4 rings (SSSR count). The number of carbonyl (C=O) groups is 1. The van der Waals surface area contributed by atoms with Gasteiger partial charge in [-0.2, -0.15) is 0 Å². The monoisotopic (exact) mass is 429 g/mol. The molecule has 3 N–H and O–H groups in total. The van der Waals surface area contributed by atoms with Crippen molar-refractivity contribution >= 4 is 5.91 Å². The van der Waals surface area contributed by atoms with Crippen LogP contribution in [-0.2, 0) is 11.3 Å². The minimum atomic E-state index is -0.375. The molecule has 1 saturated heterocycles. The molecular formula is C27H31N3O2. The molecule has 0 radical (unpaired) electrons. The Morgan fingerprint density at radius 2 is 1.59 bits per heavy atom. The second-order valence-electron chi connectivity index (χ2n) is 8.33. The lowest BCUT2D eigenvalue weighted by molar-refractivity contribution is -0.123. The van der Waals surface area contributed by atoms with Gasteiger partial charge in [0.15, 0.2) is 0 Å². The van der Waals surface area contributed by atoms with E-state index < -0.39 is 0 Å². The van der Waals surface area contributed by atoms with Crippen LogP contribution < -0.4 is 15.8 Å². The second-order valence-corrected chi connectivity index (χ2v) is 8.33. The van der Waals surface area contributed by atoms with Crippen LogP contribution in [0.15, 0.2) is 84.9 Å². The molecule has 0 spiro atoms. The van der Waals surface area contributed by atoms with Crippen LogP contribution >= 0.6 is 0 Å². The Labute approximate surface area is 190 Å². The van der Waals surface area contributed by atoms with Crippen LogP contribution in [0.1, 0.15) is 22.6 Å². The van der Waals surface area contributed by atoms with Crippen molar-refractivity contribution in [1.29, 1.82) is 0 Å². The fourth-order valence-corrected chi connectivity index (χ4v) is 4.82. The third kappa shape index (κ3) is 5.01. The summed E-state index contributed by atoms with van der Waals surface area (Å²) in [5.41, 5.74) is 9.42. The number of nitrogens with two attached hydrogens (primary N) is 1. The van der Waals surface area contributed by atoms with Crippen molar-refractivity contribution in [2.45, 2.75) is 18.5 Å². The van der Waals surface area contributed by atoms with E-state index in [1.807, 2.05) is 54.6 Å². The maximum absolute atomic E-state index is 12.9. The van der Waals surface area contributed by atoms with Crippen LogP contribution in [0.25, 0.3) is 0 Å². The van der Waals surface area contributed by atoms with Gasteiger partial charge in [-0.25, -0.2) is 0 Å². The van der Waals surface area contributed by atoms with Crippen molar-refractivity contribution in [1.82, 2.24) is 10.2 Å². The van der Waals surface area contributed by atoms with E-state index in [1.165, 1.54) is 0 Å². The minimum Gasteiger partial charge on any atom is -0.496 e. The Balaban J connectivity index is 1.62. The first-order valence-electron chi connectivity index (χ1n) is 11.1. The number of carbonyl (C=O) groups excluding carboxylic acids is 1. The van der Waals surface area contributed by atoms with E-state index >= 15 is 0 Å². The number of amides is 1. The normalized spacial score (nSPS) is 17.8. The van der Waals surface area contributed by atoms with Crippen molar-refractivity contribution in [3.8, 4) is 5.75 Å². The maximum atomic E-state index is 12.9. The van der Waals surface area contributed by atoms with Crippen molar-refractivity contribution < 1.29 is 9.53 Å². The quantitative estimate of drug-likeness (QED) is 0.576. The van der Waals surface area contributed by atoms with Gasteiger partial charge in [0, 0.05) is 43.7 Å². The Kier molecular flexibility index (Phi) is 7.20. The predicted molar refractivity (Wildman–Crippen MR) is 127 cm³/mol. The molecule has 32 heavy (non-hydrogen) atoms. The van der Waals surface area contributed by atoms with Crippen LogP contribution in [0.2, 0.25) is 0 Å². The average molecular weight is 430 g/mol. The van der Waals surface area contributed by atoms with Gasteiger partial charge in [-0.15, -0.1) is 0 Å². The van der Waals surface area contributed by atoms with Gasteiger partial charge in [0.25, 0.3) is 0 Å². The number of nitrogens with zero attached hydrogens (tertiary/aromatic N) is 1. The summed E-state index contributed by atoms with van der Waals surface area (Å²) in [5, 5.41) is 3.59. The molecular weight excluding hydrogens is 398 g/mol. The summed E-state index contributed by atoms with van der Waals surface area (Å²) in [7, 11) is 1.70. The number of nitrogens with one attached hydrogen (secondary N) is 1. The van der Waals surface area contributed by atoms with Crippen molar-refractivity contribution in [3.63, 3.8) is 0 Å². The third-order valence-corrected chi connectivity index (χ3v) is 6.31. The zero-order valence-electron chi connectivity index (χ0n) is 18.5. The molecule has 1 aliphatic rings. The van der Waals surface area contributed by atoms with E-state index in [4.69, 9.17) is 10.5 Å². The van der Waals surface area contributed by atoms with Gasteiger partial charge >= 0.3 is 0 Å². The van der Waals surface area contributed by atoms with E-state index in [1.54, 1.807) is 7.11 Å². The third-order valence-electron chi connectivity index (χ3n) is 6.31. The summed E-state index contributed by atoms with van der Waals surface area (Å²) in [6.45, 7) is 3.22. The Hall–Kier alpha value is -3.15. The molecule has 0 bridgehead atoms. The zero-order chi connectivity index (χ0) is 22.3. The number of primary amides is 1. The Morgan fingerprint density at radius 3 is 2.19 bits per heavy atom. The highest BCUT2D eigenvalue weighted by Crippen LogP contribution is 2.35. The minimum absolute atomic E-state index is 0.0543. The fraction of sp³-hybridized carbons (Fsp3) is 0.296. The highest BCUT2D eigenvalue weighted by Gasteiger charge is 2.38. The highest BCUT2D eigenvalue weighted by atomic mass is 16.5. The van der Waals surface area contributed by atoms with Gasteiger partial charge < -0.3 is 15.8 Å². The molecule has 2 atom stereocenters. The summed E-state index contributed by atoms with van der Waals surface area (Å²) in [5.74, 6) is 0.124. The molecule has 0 aromatic heterocycles. The van der Waals surface area contributed by atoms with E-state index in [0.717, 1.165) is 48.6 Å². The molecule has 3 aromatic rings. The number of rotatable bonds is 8. The predicted octanol–water partition coefficient (Wildman–Crippen LogP) is 3.40. The zero-order valence-corrected chi connectivity index (χ0v) is 18.5. The van der Waals surface area contributed by atoms with Crippen LogP contribution in [0.3, 0.4) is 0 Å². The van der Waals surface area contributed by atoms with Gasteiger partial charge in [0.2, 0.25) is 5.91 Å². The standard InChI is InChI=1S/C27H31N3O2/c1-32-24-15-9-8-14-22(24)18-30-17-16-29-23(19-30)26(27(28)31)25(20-10-4-2-5-11-20)21-12-6-3-7-13-21/h2-15,23,25-26,29H,16-19H2,1H3,(H2,28,31). The molecule has 2 unspecified atom stereocenters. The van der Waals surface area contributed by atoms with E-state index in [0.29, 0.717) is 0 Å². The number of piperazine rings is 1. The van der Waals surface area contributed by atoms with Gasteiger partial charge in [-0.05, 0) is 17.2 Å². The van der Waals surface area contributed by atoms with E-state index in [2.05, 4.69) is 40.5 Å². The lowest BCUT2D eigenvalue weighted by Gasteiger charge is -2.40. The van der Waals surface area contributed by atoms with Crippen LogP contribution in [0, 0.1) is 5.92 Å². The number of hydrogen-bond acceptors (Lipinski definition) is 4. The number of para-hydroxylation sites is 1. The average Bonchev–Trinajstić information content (AvgIpc) is 2.84. The number of ether oxygens (including phenoxy) is 1. The molecule has 0 aliphatic carbocycles. The first-order chi connectivity index (χ1) is 15.7. The summed E-state index contributed by atoms with van der Waals surface area (Å²) in [6.07, 6.45) is 0. The maximum Gasteiger partial charge on any atom is 0.223 e. The molecule has 5 heteroatoms. The SMILES string of the molecule is COc1ccccc1CN1CCNC(C(C(N)=O)C(c2ccccc2)c2ccccc2)C1. The van der Waals surface area contributed by atoms with Crippen LogP contribution in [0.5, 0.6) is 5.75 Å². The highest BCUT2D eigenvalue weighted by molar-refractivity contribution is 5.79. The number of methoxy groups -OCH3 is 1. The summed E-state index contributed by atoms with van der Waals surface area (Å²) in [6, 6.07) is 28.5. The van der Waals surface area contributed by atoms with E-state index in [-0.39, 0.29) is 23.8 Å². The molecule has 1 fully saturated rings. The molecule has 1 heterocycles. The largest absolute Gasteiger partial charge is 0.496 e. The second kappa shape index (κ2) is 10.4. The van der Waals surface area contributed by atoms with Crippen LogP contribution in [0.4, 0.5) is 0 Å². The Morgan fingerprint density at radius 1 is 1.00 bits per heavy atom. The molecule has 1 amide bonds. The molecule has 3 aromatic carbocycles. The van der Waals surface area contributed by atoms with E-state index in [9.17, 15) is 4.79 Å². The Bertz CT molecular complexity index is 970.